The molecule has 3 aliphatic rings. The summed E-state index contributed by atoms with van der Waals surface area (Å²) in [6.07, 6.45) is 7.44. The average molecular weight is 687 g/mol. The molecule has 48 heavy (non-hydrogen) atoms. The molecule has 0 saturated carbocycles. The molecule has 10 atom stereocenters. The van der Waals surface area contributed by atoms with Gasteiger partial charge in [-0.05, 0) is 107 Å². The third kappa shape index (κ3) is 10.3. The van der Waals surface area contributed by atoms with Crippen LogP contribution in [0.1, 0.15) is 106 Å². The Labute approximate surface area is 291 Å². The number of rotatable bonds is 15. The van der Waals surface area contributed by atoms with Crippen LogP contribution in [0, 0.1) is 29.1 Å². The molecular formula is C40H62O7S. The molecule has 0 amide bonds. The van der Waals surface area contributed by atoms with Gasteiger partial charge in [-0.15, -0.1) is 0 Å². The Hall–Kier alpha value is -2.00. The fraction of sp³-hybridized carbons (Fsp3) is 0.725. The Balaban J connectivity index is 1.35. The van der Waals surface area contributed by atoms with Crippen molar-refractivity contribution in [2.45, 2.75) is 148 Å². The molecule has 3 saturated heterocycles. The molecule has 3 heterocycles. The Kier molecular flexibility index (Phi) is 13.6. The van der Waals surface area contributed by atoms with E-state index in [1.807, 2.05) is 26.8 Å². The van der Waals surface area contributed by atoms with Gasteiger partial charge in [-0.1, -0.05) is 65.5 Å². The number of carbonyl (C=O) groups excluding carboxylic acids is 1. The lowest BCUT2D eigenvalue weighted by Crippen LogP contribution is -2.38. The van der Waals surface area contributed by atoms with Crippen molar-refractivity contribution < 1.29 is 32.2 Å². The molecule has 0 N–H and O–H groups in total. The molecule has 1 aromatic rings. The molecule has 8 heteroatoms. The zero-order valence-electron chi connectivity index (χ0n) is 30.6. The first-order valence-corrected chi connectivity index (χ1v) is 20.0. The van der Waals surface area contributed by atoms with Crippen molar-refractivity contribution in [3.05, 3.63) is 54.6 Å². The molecule has 3 fully saturated rings. The first-order valence-electron chi connectivity index (χ1n) is 18.4. The van der Waals surface area contributed by atoms with E-state index >= 15 is 0 Å². The normalized spacial score (nSPS) is 32.0. The van der Waals surface area contributed by atoms with Crippen LogP contribution < -0.4 is 0 Å². The molecule has 0 radical (unpaired) electrons. The number of carbonyl (C=O) groups is 1. The largest absolute Gasteiger partial charge is 0.465 e. The van der Waals surface area contributed by atoms with Gasteiger partial charge in [0.25, 0.3) is 0 Å². The standard InChI is InChI=1S/C40H62O7S/c1-10-26(2)21-36-30(6)34(25-48(42,43)33-16-12-11-13-17-33)38(47-36)24-37-29(5)27(3)22-32(46-37)18-19-35-28(4)23-31(45-35)15-14-20-44-39(41)40(7,8)9/h11-13,16-17,26-27,30-32,34-38H,4-5,10,14-15,18-25H2,1-3,6-9H3/t26-,27-,30-,31+,32+,34-,35?,36-,37-,38?/m1/s1. The number of hydrogen-bond acceptors (Lipinski definition) is 7. The molecule has 4 rings (SSSR count). The third-order valence-corrected chi connectivity index (χ3v) is 12.8. The van der Waals surface area contributed by atoms with Crippen molar-refractivity contribution in [2.24, 2.45) is 29.1 Å². The van der Waals surface area contributed by atoms with Gasteiger partial charge in [0.2, 0.25) is 0 Å². The highest BCUT2D eigenvalue weighted by molar-refractivity contribution is 7.91. The van der Waals surface area contributed by atoms with Crippen LogP contribution in [0.25, 0.3) is 0 Å². The van der Waals surface area contributed by atoms with Crippen LogP contribution in [-0.4, -0.2) is 63.4 Å². The second kappa shape index (κ2) is 16.8. The van der Waals surface area contributed by atoms with E-state index in [4.69, 9.17) is 18.9 Å². The maximum Gasteiger partial charge on any atom is 0.311 e. The zero-order chi connectivity index (χ0) is 35.2. The number of esters is 1. The summed E-state index contributed by atoms with van der Waals surface area (Å²) in [5.74, 6) is 0.695. The van der Waals surface area contributed by atoms with Crippen LogP contribution in [0.2, 0.25) is 0 Å². The van der Waals surface area contributed by atoms with Crippen molar-refractivity contribution in [3.63, 3.8) is 0 Å². The van der Waals surface area contributed by atoms with E-state index < -0.39 is 15.3 Å². The van der Waals surface area contributed by atoms with E-state index in [0.29, 0.717) is 29.8 Å². The smallest absolute Gasteiger partial charge is 0.311 e. The summed E-state index contributed by atoms with van der Waals surface area (Å²) >= 11 is 0. The number of hydrogen-bond donors (Lipinski definition) is 0. The fourth-order valence-corrected chi connectivity index (χ4v) is 9.27. The van der Waals surface area contributed by atoms with Crippen LogP contribution in [0.5, 0.6) is 0 Å². The monoisotopic (exact) mass is 686 g/mol. The van der Waals surface area contributed by atoms with Crippen molar-refractivity contribution in [3.8, 4) is 0 Å². The lowest BCUT2D eigenvalue weighted by atomic mass is 9.81. The van der Waals surface area contributed by atoms with Crippen molar-refractivity contribution in [1.29, 1.82) is 0 Å². The topological polar surface area (TPSA) is 88.1 Å². The maximum atomic E-state index is 13.6. The van der Waals surface area contributed by atoms with Crippen LogP contribution in [0.4, 0.5) is 0 Å². The Morgan fingerprint density at radius 2 is 1.67 bits per heavy atom. The second-order valence-corrected chi connectivity index (χ2v) is 18.0. The maximum absolute atomic E-state index is 13.6. The first kappa shape index (κ1) is 38.8. The van der Waals surface area contributed by atoms with E-state index in [0.717, 1.165) is 62.5 Å². The van der Waals surface area contributed by atoms with Crippen molar-refractivity contribution in [1.82, 2.24) is 0 Å². The zero-order valence-corrected chi connectivity index (χ0v) is 31.4. The number of benzene rings is 1. The molecule has 2 unspecified atom stereocenters. The lowest BCUT2D eigenvalue weighted by molar-refractivity contribution is -0.153. The van der Waals surface area contributed by atoms with E-state index in [-0.39, 0.29) is 60.2 Å². The van der Waals surface area contributed by atoms with Gasteiger partial charge in [-0.2, -0.15) is 0 Å². The van der Waals surface area contributed by atoms with Crippen molar-refractivity contribution >= 4 is 15.8 Å². The second-order valence-electron chi connectivity index (χ2n) is 16.0. The van der Waals surface area contributed by atoms with Crippen LogP contribution >= 0.6 is 0 Å². The predicted molar refractivity (Wildman–Crippen MR) is 191 cm³/mol. The van der Waals surface area contributed by atoms with Gasteiger partial charge in [-0.3, -0.25) is 4.79 Å². The Morgan fingerprint density at radius 1 is 0.979 bits per heavy atom. The Morgan fingerprint density at radius 3 is 2.33 bits per heavy atom. The molecule has 0 aliphatic carbocycles. The summed E-state index contributed by atoms with van der Waals surface area (Å²) in [6.45, 7) is 23.6. The van der Waals surface area contributed by atoms with Gasteiger partial charge in [0.1, 0.15) is 0 Å². The van der Waals surface area contributed by atoms with E-state index in [9.17, 15) is 13.2 Å². The van der Waals surface area contributed by atoms with E-state index in [1.165, 1.54) is 0 Å². The average Bonchev–Trinajstić information content (AvgIpc) is 3.53. The third-order valence-electron chi connectivity index (χ3n) is 11.0. The minimum atomic E-state index is -3.48. The van der Waals surface area contributed by atoms with Gasteiger partial charge in [0.15, 0.2) is 9.84 Å². The van der Waals surface area contributed by atoms with Gasteiger partial charge < -0.3 is 18.9 Å². The minimum absolute atomic E-state index is 0.00233. The van der Waals surface area contributed by atoms with Crippen LogP contribution in [0.15, 0.2) is 59.5 Å². The van der Waals surface area contributed by atoms with Crippen LogP contribution in [-0.2, 0) is 33.6 Å². The Bertz CT molecular complexity index is 1330. The van der Waals surface area contributed by atoms with E-state index in [2.05, 4.69) is 40.9 Å². The highest BCUT2D eigenvalue weighted by atomic mass is 32.2. The highest BCUT2D eigenvalue weighted by Gasteiger charge is 2.46. The molecule has 270 valence electrons. The number of sulfone groups is 1. The molecule has 3 aliphatic heterocycles. The van der Waals surface area contributed by atoms with Crippen LogP contribution in [0.3, 0.4) is 0 Å². The quantitative estimate of drug-likeness (QED) is 0.104. The summed E-state index contributed by atoms with van der Waals surface area (Å²) in [6, 6.07) is 8.79. The van der Waals surface area contributed by atoms with Gasteiger partial charge in [0.05, 0.1) is 59.3 Å². The highest BCUT2D eigenvalue weighted by Crippen LogP contribution is 2.43. The molecule has 0 aromatic heterocycles. The molecule has 0 bridgehead atoms. The molecular weight excluding hydrogens is 625 g/mol. The summed E-state index contributed by atoms with van der Waals surface area (Å²) in [5, 5.41) is 0. The first-order chi connectivity index (χ1) is 22.6. The molecule has 0 spiro atoms. The van der Waals surface area contributed by atoms with Crippen molar-refractivity contribution in [2.75, 3.05) is 12.4 Å². The van der Waals surface area contributed by atoms with Gasteiger partial charge in [0, 0.05) is 12.3 Å². The molecule has 1 aromatic carbocycles. The molecule has 7 nitrogen and oxygen atoms in total. The summed E-state index contributed by atoms with van der Waals surface area (Å²) < 4.78 is 52.5. The lowest BCUT2D eigenvalue weighted by Gasteiger charge is -2.38. The van der Waals surface area contributed by atoms with Gasteiger partial charge in [-0.25, -0.2) is 8.42 Å². The van der Waals surface area contributed by atoms with Gasteiger partial charge >= 0.3 is 5.97 Å². The fourth-order valence-electron chi connectivity index (χ4n) is 7.48. The summed E-state index contributed by atoms with van der Waals surface area (Å²) in [7, 11) is -3.48. The predicted octanol–water partition coefficient (Wildman–Crippen LogP) is 8.52. The summed E-state index contributed by atoms with van der Waals surface area (Å²) in [4.78, 5) is 12.4. The minimum Gasteiger partial charge on any atom is -0.465 e. The van der Waals surface area contributed by atoms with E-state index in [1.54, 1.807) is 24.3 Å². The SMILES string of the molecule is C=C1C[C@H](CCCOC(=O)C(C)(C)C)OC1CC[C@H]1C[C@@H](C)C(=C)[C@@H](CC2O[C@H](C[C@H](C)CC)[C@H](C)[C@H]2CS(=O)(=O)c2ccccc2)O1. The number of ether oxygens (including phenoxy) is 4. The summed E-state index contributed by atoms with van der Waals surface area (Å²) in [5.41, 5.74) is 1.71.